The lowest BCUT2D eigenvalue weighted by Crippen LogP contribution is -2.15. The molecule has 0 fully saturated rings. The van der Waals surface area contributed by atoms with E-state index in [1.54, 1.807) is 18.2 Å². The number of anilines is 1. The van der Waals surface area contributed by atoms with Gasteiger partial charge in [-0.3, -0.25) is 9.59 Å². The Hall–Kier alpha value is -2.95. The van der Waals surface area contributed by atoms with E-state index < -0.39 is 5.97 Å². The fraction of sp³-hybridized carbons (Fsp3) is 0.286. The van der Waals surface area contributed by atoms with Crippen molar-refractivity contribution in [3.8, 4) is 0 Å². The molecule has 0 spiro atoms. The zero-order valence-electron chi connectivity index (χ0n) is 15.5. The molecule has 5 heteroatoms. The molecule has 0 aliphatic heterocycles. The Kier molecular flexibility index (Phi) is 6.28. The molecule has 0 aromatic heterocycles. The molecule has 0 saturated heterocycles. The third kappa shape index (κ3) is 4.79. The number of ketones is 1. The van der Waals surface area contributed by atoms with Crippen molar-refractivity contribution in [1.29, 1.82) is 0 Å². The molecule has 0 atom stereocenters. The summed E-state index contributed by atoms with van der Waals surface area (Å²) in [6.45, 7) is 5.65. The fourth-order valence-corrected chi connectivity index (χ4v) is 2.61. The summed E-state index contributed by atoms with van der Waals surface area (Å²) < 4.78 is 4.69. The van der Waals surface area contributed by atoms with E-state index in [0.29, 0.717) is 16.8 Å². The van der Waals surface area contributed by atoms with Crippen LogP contribution >= 0.6 is 0 Å². The van der Waals surface area contributed by atoms with Gasteiger partial charge in [0.15, 0.2) is 5.78 Å². The van der Waals surface area contributed by atoms with Crippen LogP contribution in [0.5, 0.6) is 0 Å². The Morgan fingerprint density at radius 2 is 1.62 bits per heavy atom. The maximum absolute atomic E-state index is 12.4. The van der Waals surface area contributed by atoms with Crippen LogP contribution in [0.4, 0.5) is 5.69 Å². The quantitative estimate of drug-likeness (QED) is 0.629. The summed E-state index contributed by atoms with van der Waals surface area (Å²) in [5, 5.41) is 2.76. The van der Waals surface area contributed by atoms with Crippen molar-refractivity contribution in [1.82, 2.24) is 0 Å². The van der Waals surface area contributed by atoms with Crippen molar-refractivity contribution in [2.75, 3.05) is 12.4 Å². The average Bonchev–Trinajstić information content (AvgIpc) is 2.62. The zero-order valence-corrected chi connectivity index (χ0v) is 15.5. The van der Waals surface area contributed by atoms with Gasteiger partial charge in [0.1, 0.15) is 0 Å². The van der Waals surface area contributed by atoms with Gasteiger partial charge < -0.3 is 10.1 Å². The van der Waals surface area contributed by atoms with E-state index in [1.807, 2.05) is 39.0 Å². The minimum absolute atomic E-state index is 0.0543. The summed E-state index contributed by atoms with van der Waals surface area (Å²) in [5.41, 5.74) is 4.30. The second-order valence-electron chi connectivity index (χ2n) is 6.31. The molecule has 0 aliphatic rings. The Labute approximate surface area is 153 Å². The van der Waals surface area contributed by atoms with Crippen LogP contribution in [0.1, 0.15) is 50.2 Å². The smallest absolute Gasteiger partial charge is 0.337 e. The van der Waals surface area contributed by atoms with Gasteiger partial charge in [0.05, 0.1) is 12.7 Å². The number of rotatable bonds is 6. The molecule has 136 valence electrons. The number of hydrogen-bond donors (Lipinski definition) is 1. The number of nitrogens with one attached hydrogen (secondary N) is 1. The van der Waals surface area contributed by atoms with Crippen molar-refractivity contribution in [3.63, 3.8) is 0 Å². The first kappa shape index (κ1) is 19.4. The van der Waals surface area contributed by atoms with E-state index in [9.17, 15) is 14.4 Å². The van der Waals surface area contributed by atoms with Crippen LogP contribution in [0, 0.1) is 20.8 Å². The highest BCUT2D eigenvalue weighted by atomic mass is 16.5. The summed E-state index contributed by atoms with van der Waals surface area (Å²) >= 11 is 0. The molecular weight excluding hydrogens is 330 g/mol. The molecule has 0 saturated carbocycles. The first-order chi connectivity index (χ1) is 12.3. The van der Waals surface area contributed by atoms with Crippen LogP contribution in [0.15, 0.2) is 36.4 Å². The molecule has 2 aromatic carbocycles. The molecular formula is C21H23NO4. The van der Waals surface area contributed by atoms with E-state index in [2.05, 4.69) is 10.1 Å². The lowest BCUT2D eigenvalue weighted by atomic mass is 9.99. The Morgan fingerprint density at radius 3 is 2.31 bits per heavy atom. The van der Waals surface area contributed by atoms with E-state index in [1.165, 1.54) is 7.11 Å². The van der Waals surface area contributed by atoms with Crippen LogP contribution in [0.3, 0.4) is 0 Å². The number of methoxy groups -OCH3 is 1. The number of amides is 1. The van der Waals surface area contributed by atoms with Crippen LogP contribution < -0.4 is 5.32 Å². The van der Waals surface area contributed by atoms with Crippen molar-refractivity contribution in [3.05, 3.63) is 64.2 Å². The SMILES string of the molecule is COC(=O)c1ccc(C)c(NC(=O)CCC(=O)c2cc(C)ccc2C)c1. The molecule has 2 aromatic rings. The van der Waals surface area contributed by atoms with Crippen molar-refractivity contribution < 1.29 is 19.1 Å². The third-order valence-corrected chi connectivity index (χ3v) is 4.21. The Morgan fingerprint density at radius 1 is 0.923 bits per heavy atom. The van der Waals surface area contributed by atoms with Crippen LogP contribution in [-0.4, -0.2) is 24.8 Å². The van der Waals surface area contributed by atoms with Crippen LogP contribution in [-0.2, 0) is 9.53 Å². The minimum Gasteiger partial charge on any atom is -0.465 e. The summed E-state index contributed by atoms with van der Waals surface area (Å²) in [6.07, 6.45) is 0.208. The highest BCUT2D eigenvalue weighted by molar-refractivity contribution is 6.01. The van der Waals surface area contributed by atoms with E-state index in [4.69, 9.17) is 0 Å². The van der Waals surface area contributed by atoms with Gasteiger partial charge in [-0.2, -0.15) is 0 Å². The predicted octanol–water partition coefficient (Wildman–Crippen LogP) is 4.00. The summed E-state index contributed by atoms with van der Waals surface area (Å²) in [7, 11) is 1.30. The number of carbonyl (C=O) groups excluding carboxylic acids is 3. The number of aryl methyl sites for hydroxylation is 3. The molecule has 5 nitrogen and oxygen atoms in total. The van der Waals surface area contributed by atoms with Crippen molar-refractivity contribution in [2.24, 2.45) is 0 Å². The maximum atomic E-state index is 12.4. The topological polar surface area (TPSA) is 72.5 Å². The second kappa shape index (κ2) is 8.43. The molecule has 2 rings (SSSR count). The second-order valence-corrected chi connectivity index (χ2v) is 6.31. The van der Waals surface area contributed by atoms with Gasteiger partial charge in [-0.25, -0.2) is 4.79 Å². The molecule has 26 heavy (non-hydrogen) atoms. The fourth-order valence-electron chi connectivity index (χ4n) is 2.61. The minimum atomic E-state index is -0.467. The monoisotopic (exact) mass is 353 g/mol. The largest absolute Gasteiger partial charge is 0.465 e. The zero-order chi connectivity index (χ0) is 19.3. The Balaban J connectivity index is 2.02. The van der Waals surface area contributed by atoms with E-state index in [-0.39, 0.29) is 24.5 Å². The van der Waals surface area contributed by atoms with Gasteiger partial charge >= 0.3 is 5.97 Å². The number of hydrogen-bond acceptors (Lipinski definition) is 4. The molecule has 0 heterocycles. The number of ether oxygens (including phenoxy) is 1. The molecule has 1 N–H and O–H groups in total. The summed E-state index contributed by atoms with van der Waals surface area (Å²) in [4.78, 5) is 36.2. The van der Waals surface area contributed by atoms with Gasteiger partial charge in [0.25, 0.3) is 0 Å². The first-order valence-corrected chi connectivity index (χ1v) is 8.41. The highest BCUT2D eigenvalue weighted by Crippen LogP contribution is 2.19. The van der Waals surface area contributed by atoms with Crippen LogP contribution in [0.2, 0.25) is 0 Å². The highest BCUT2D eigenvalue weighted by Gasteiger charge is 2.14. The van der Waals surface area contributed by atoms with Crippen molar-refractivity contribution in [2.45, 2.75) is 33.6 Å². The summed E-state index contributed by atoms with van der Waals surface area (Å²) in [5.74, 6) is -0.791. The predicted molar refractivity (Wildman–Crippen MR) is 101 cm³/mol. The lowest BCUT2D eigenvalue weighted by molar-refractivity contribution is -0.116. The molecule has 0 aliphatic carbocycles. The van der Waals surface area contributed by atoms with E-state index >= 15 is 0 Å². The number of carbonyl (C=O) groups is 3. The molecule has 0 unspecified atom stereocenters. The van der Waals surface area contributed by atoms with Gasteiger partial charge in [-0.15, -0.1) is 0 Å². The van der Waals surface area contributed by atoms with Gasteiger partial charge in [-0.05, 0) is 50.1 Å². The average molecular weight is 353 g/mol. The van der Waals surface area contributed by atoms with Gasteiger partial charge in [0, 0.05) is 24.1 Å². The third-order valence-electron chi connectivity index (χ3n) is 4.21. The number of esters is 1. The van der Waals surface area contributed by atoms with Crippen LogP contribution in [0.25, 0.3) is 0 Å². The van der Waals surface area contributed by atoms with Gasteiger partial charge in [0.2, 0.25) is 5.91 Å². The first-order valence-electron chi connectivity index (χ1n) is 8.41. The standard InChI is InChI=1S/C21H23NO4/c1-13-5-6-14(2)17(11-13)19(23)9-10-20(24)22-18-12-16(21(25)26-4)8-7-15(18)3/h5-8,11-12H,9-10H2,1-4H3,(H,22,24). The number of Topliss-reactive ketones (excluding diaryl/α,β-unsaturated/α-hetero) is 1. The van der Waals surface area contributed by atoms with Crippen molar-refractivity contribution >= 4 is 23.3 Å². The maximum Gasteiger partial charge on any atom is 0.337 e. The molecule has 0 radical (unpaired) electrons. The molecule has 0 bridgehead atoms. The lowest BCUT2D eigenvalue weighted by Gasteiger charge is -2.10. The summed E-state index contributed by atoms with van der Waals surface area (Å²) in [6, 6.07) is 10.7. The number of benzene rings is 2. The normalized spacial score (nSPS) is 10.3. The Bertz CT molecular complexity index is 855. The molecule has 1 amide bonds. The van der Waals surface area contributed by atoms with E-state index in [0.717, 1.165) is 16.7 Å². The van der Waals surface area contributed by atoms with Gasteiger partial charge in [-0.1, -0.05) is 23.8 Å².